The van der Waals surface area contributed by atoms with Crippen LogP contribution in [0.3, 0.4) is 0 Å². The molecule has 0 radical (unpaired) electrons. The molecule has 5 heteroatoms. The molecule has 2 heterocycles. The summed E-state index contributed by atoms with van der Waals surface area (Å²) in [5.41, 5.74) is 3.48. The van der Waals surface area contributed by atoms with Crippen molar-refractivity contribution in [1.29, 1.82) is 0 Å². The van der Waals surface area contributed by atoms with Crippen molar-refractivity contribution in [1.82, 2.24) is 5.43 Å². The molecule has 2 atom stereocenters. The Balaban J connectivity index is 1.99. The number of benzene rings is 1. The highest BCUT2D eigenvalue weighted by Gasteiger charge is 2.29. The Morgan fingerprint density at radius 2 is 2.33 bits per heavy atom. The van der Waals surface area contributed by atoms with Gasteiger partial charge in [-0.15, -0.1) is 0 Å². The average Bonchev–Trinajstić information content (AvgIpc) is 3.00. The van der Waals surface area contributed by atoms with Crippen LogP contribution in [0.2, 0.25) is 5.02 Å². The number of hydrazine groups is 1. The largest absolute Gasteiger partial charge is 0.458 e. The van der Waals surface area contributed by atoms with Crippen LogP contribution in [0, 0.1) is 0 Å². The third-order valence-corrected chi connectivity index (χ3v) is 3.64. The van der Waals surface area contributed by atoms with Gasteiger partial charge in [-0.2, -0.15) is 0 Å². The van der Waals surface area contributed by atoms with Gasteiger partial charge in [-0.25, -0.2) is 5.43 Å². The Labute approximate surface area is 110 Å². The maximum Gasteiger partial charge on any atom is 0.152 e. The van der Waals surface area contributed by atoms with Crippen LogP contribution >= 0.6 is 11.6 Å². The van der Waals surface area contributed by atoms with E-state index in [4.69, 9.17) is 26.6 Å². The summed E-state index contributed by atoms with van der Waals surface area (Å²) in [4.78, 5) is 0. The number of halogens is 1. The lowest BCUT2D eigenvalue weighted by Crippen LogP contribution is -2.36. The van der Waals surface area contributed by atoms with Crippen molar-refractivity contribution < 1.29 is 9.15 Å². The SMILES string of the molecule is NNC(c1cc2cccc(Cl)c2o1)C1CCCO1. The third-order valence-electron chi connectivity index (χ3n) is 3.34. The Morgan fingerprint density at radius 3 is 3.00 bits per heavy atom. The molecule has 0 bridgehead atoms. The fraction of sp³-hybridized carbons (Fsp3) is 0.385. The lowest BCUT2D eigenvalue weighted by molar-refractivity contribution is 0.0718. The average molecular weight is 267 g/mol. The quantitative estimate of drug-likeness (QED) is 0.662. The number of fused-ring (bicyclic) bond motifs is 1. The Kier molecular flexibility index (Phi) is 3.26. The molecule has 1 fully saturated rings. The molecule has 96 valence electrons. The smallest absolute Gasteiger partial charge is 0.152 e. The van der Waals surface area contributed by atoms with Gasteiger partial charge in [0.2, 0.25) is 0 Å². The van der Waals surface area contributed by atoms with Crippen LogP contribution in [0.5, 0.6) is 0 Å². The summed E-state index contributed by atoms with van der Waals surface area (Å²) in [7, 11) is 0. The molecular formula is C13H15ClN2O2. The van der Waals surface area contributed by atoms with Crippen molar-refractivity contribution in [3.8, 4) is 0 Å². The highest BCUT2D eigenvalue weighted by Crippen LogP contribution is 2.33. The molecule has 1 aliphatic heterocycles. The number of hydrogen-bond donors (Lipinski definition) is 2. The van der Waals surface area contributed by atoms with E-state index >= 15 is 0 Å². The monoisotopic (exact) mass is 266 g/mol. The predicted molar refractivity (Wildman–Crippen MR) is 70.3 cm³/mol. The first-order valence-electron chi connectivity index (χ1n) is 6.05. The number of rotatable bonds is 3. The second-order valence-electron chi connectivity index (χ2n) is 4.50. The van der Waals surface area contributed by atoms with Gasteiger partial charge in [0.05, 0.1) is 11.1 Å². The minimum atomic E-state index is -0.129. The van der Waals surface area contributed by atoms with Crippen LogP contribution in [0.25, 0.3) is 11.0 Å². The topological polar surface area (TPSA) is 60.4 Å². The lowest BCUT2D eigenvalue weighted by atomic mass is 10.1. The van der Waals surface area contributed by atoms with Crippen molar-refractivity contribution in [2.75, 3.05) is 6.61 Å². The molecule has 0 spiro atoms. The first-order chi connectivity index (χ1) is 8.79. The maximum atomic E-state index is 6.10. The molecule has 0 aliphatic carbocycles. The molecule has 0 saturated carbocycles. The van der Waals surface area contributed by atoms with Crippen LogP contribution in [0.15, 0.2) is 28.7 Å². The van der Waals surface area contributed by atoms with Gasteiger partial charge in [0.25, 0.3) is 0 Å². The highest BCUT2D eigenvalue weighted by atomic mass is 35.5. The second-order valence-corrected chi connectivity index (χ2v) is 4.91. The number of nitrogens with two attached hydrogens (primary N) is 1. The summed E-state index contributed by atoms with van der Waals surface area (Å²) in [6.07, 6.45) is 2.11. The molecule has 1 aromatic heterocycles. The molecule has 1 aromatic carbocycles. The van der Waals surface area contributed by atoms with E-state index in [-0.39, 0.29) is 12.1 Å². The minimum Gasteiger partial charge on any atom is -0.458 e. The standard InChI is InChI=1S/C13H15ClN2O2/c14-9-4-1-3-8-7-11(18-13(8)9)12(16-15)10-5-2-6-17-10/h1,3-4,7,10,12,16H,2,5-6,15H2. The molecule has 1 saturated heterocycles. The molecule has 18 heavy (non-hydrogen) atoms. The first-order valence-corrected chi connectivity index (χ1v) is 6.43. The summed E-state index contributed by atoms with van der Waals surface area (Å²) in [6.45, 7) is 0.782. The van der Waals surface area contributed by atoms with Crippen molar-refractivity contribution in [3.05, 3.63) is 35.0 Å². The third kappa shape index (κ3) is 2.01. The van der Waals surface area contributed by atoms with E-state index in [9.17, 15) is 0 Å². The molecular weight excluding hydrogens is 252 g/mol. The van der Waals surface area contributed by atoms with Crippen LogP contribution in [-0.4, -0.2) is 12.7 Å². The summed E-state index contributed by atoms with van der Waals surface area (Å²) in [6, 6.07) is 7.52. The van der Waals surface area contributed by atoms with E-state index < -0.39 is 0 Å². The van der Waals surface area contributed by atoms with Gasteiger partial charge < -0.3 is 9.15 Å². The van der Waals surface area contributed by atoms with Gasteiger partial charge in [0.1, 0.15) is 11.8 Å². The van der Waals surface area contributed by atoms with Crippen LogP contribution in [0.1, 0.15) is 24.6 Å². The maximum absolute atomic E-state index is 6.10. The zero-order chi connectivity index (χ0) is 12.5. The zero-order valence-corrected chi connectivity index (χ0v) is 10.6. The summed E-state index contributed by atoms with van der Waals surface area (Å²) in [5, 5.41) is 1.60. The fourth-order valence-electron chi connectivity index (χ4n) is 2.44. The van der Waals surface area contributed by atoms with Crippen LogP contribution in [0.4, 0.5) is 0 Å². The number of para-hydroxylation sites is 1. The van der Waals surface area contributed by atoms with Crippen molar-refractivity contribution in [2.45, 2.75) is 25.0 Å². The van der Waals surface area contributed by atoms with Gasteiger partial charge in [-0.3, -0.25) is 5.84 Å². The number of nitrogens with one attached hydrogen (secondary N) is 1. The van der Waals surface area contributed by atoms with E-state index in [1.54, 1.807) is 0 Å². The summed E-state index contributed by atoms with van der Waals surface area (Å²) in [5.74, 6) is 6.39. The van der Waals surface area contributed by atoms with Crippen molar-refractivity contribution >= 4 is 22.6 Å². The molecule has 0 amide bonds. The van der Waals surface area contributed by atoms with E-state index in [0.717, 1.165) is 30.6 Å². The van der Waals surface area contributed by atoms with Gasteiger partial charge in [0.15, 0.2) is 5.58 Å². The fourth-order valence-corrected chi connectivity index (χ4v) is 2.66. The minimum absolute atomic E-state index is 0.0642. The van der Waals surface area contributed by atoms with Gasteiger partial charge >= 0.3 is 0 Å². The summed E-state index contributed by atoms with van der Waals surface area (Å²) < 4.78 is 11.5. The lowest BCUT2D eigenvalue weighted by Gasteiger charge is -2.19. The van der Waals surface area contributed by atoms with Crippen molar-refractivity contribution in [2.24, 2.45) is 5.84 Å². The Bertz CT molecular complexity index is 549. The normalized spacial score (nSPS) is 21.6. The molecule has 2 unspecified atom stereocenters. The van der Waals surface area contributed by atoms with Crippen LogP contribution < -0.4 is 11.3 Å². The van der Waals surface area contributed by atoms with Crippen molar-refractivity contribution in [3.63, 3.8) is 0 Å². The van der Waals surface area contributed by atoms with E-state index in [1.165, 1.54) is 0 Å². The molecule has 2 aromatic rings. The Morgan fingerprint density at radius 1 is 1.44 bits per heavy atom. The number of furan rings is 1. The number of hydrogen-bond acceptors (Lipinski definition) is 4. The second kappa shape index (κ2) is 4.90. The highest BCUT2D eigenvalue weighted by molar-refractivity contribution is 6.34. The number of ether oxygens (including phenoxy) is 1. The summed E-state index contributed by atoms with van der Waals surface area (Å²) >= 11 is 6.10. The molecule has 3 N–H and O–H groups in total. The first kappa shape index (κ1) is 12.0. The Hall–Kier alpha value is -1.07. The van der Waals surface area contributed by atoms with Gasteiger partial charge in [-0.1, -0.05) is 23.7 Å². The van der Waals surface area contributed by atoms with E-state index in [0.29, 0.717) is 10.6 Å². The van der Waals surface area contributed by atoms with E-state index in [1.807, 2.05) is 24.3 Å². The zero-order valence-electron chi connectivity index (χ0n) is 9.86. The van der Waals surface area contributed by atoms with Gasteiger partial charge in [-0.05, 0) is 25.0 Å². The van der Waals surface area contributed by atoms with Gasteiger partial charge in [0, 0.05) is 12.0 Å². The van der Waals surface area contributed by atoms with Crippen LogP contribution in [-0.2, 0) is 4.74 Å². The molecule has 1 aliphatic rings. The predicted octanol–water partition coefficient (Wildman–Crippen LogP) is 2.77. The molecule has 3 rings (SSSR count). The van der Waals surface area contributed by atoms with E-state index in [2.05, 4.69) is 5.43 Å². The molecule has 4 nitrogen and oxygen atoms in total.